The van der Waals surface area contributed by atoms with E-state index in [0.717, 1.165) is 18.7 Å². The van der Waals surface area contributed by atoms with Gasteiger partial charge in [0.2, 0.25) is 0 Å². The predicted molar refractivity (Wildman–Crippen MR) is 103 cm³/mol. The van der Waals surface area contributed by atoms with Crippen molar-refractivity contribution in [1.82, 2.24) is 5.32 Å². The summed E-state index contributed by atoms with van der Waals surface area (Å²) < 4.78 is 0. The van der Waals surface area contributed by atoms with Crippen LogP contribution in [0.2, 0.25) is 0 Å². The molecule has 0 aliphatic rings. The molecule has 0 heterocycles. The zero-order valence-corrected chi connectivity index (χ0v) is 15.9. The molecule has 0 amide bonds. The summed E-state index contributed by atoms with van der Waals surface area (Å²) in [5.74, 6) is -0.889. The van der Waals surface area contributed by atoms with Crippen LogP contribution in [0.15, 0.2) is 48.5 Å². The zero-order chi connectivity index (χ0) is 18.7. The van der Waals surface area contributed by atoms with Crippen molar-refractivity contribution >= 4 is 5.97 Å². The highest BCUT2D eigenvalue weighted by Gasteiger charge is 2.21. The fraction of sp³-hybridized carbons (Fsp3) is 0.409. The molecule has 0 fully saturated rings. The van der Waals surface area contributed by atoms with Gasteiger partial charge in [-0.15, -0.1) is 0 Å². The summed E-state index contributed by atoms with van der Waals surface area (Å²) in [5.41, 5.74) is 4.26. The molecule has 2 N–H and O–H groups in total. The van der Waals surface area contributed by atoms with E-state index in [4.69, 9.17) is 5.11 Å². The Hall–Kier alpha value is -2.13. The van der Waals surface area contributed by atoms with E-state index in [1.165, 1.54) is 11.1 Å². The average molecular weight is 339 g/mol. The van der Waals surface area contributed by atoms with Crippen LogP contribution in [0.3, 0.4) is 0 Å². The Balaban J connectivity index is 1.95. The molecule has 3 nitrogen and oxygen atoms in total. The van der Waals surface area contributed by atoms with Gasteiger partial charge >= 0.3 is 5.97 Å². The van der Waals surface area contributed by atoms with E-state index in [1.807, 2.05) is 12.1 Å². The second-order valence-electron chi connectivity index (χ2n) is 8.32. The fourth-order valence-corrected chi connectivity index (χ4v) is 2.81. The molecule has 0 atom stereocenters. The van der Waals surface area contributed by atoms with E-state index in [9.17, 15) is 4.79 Å². The number of carbonyl (C=O) groups is 1. The van der Waals surface area contributed by atoms with Crippen LogP contribution in [0.4, 0.5) is 0 Å². The molecule has 2 aromatic carbocycles. The summed E-state index contributed by atoms with van der Waals surface area (Å²) in [6, 6.07) is 15.9. The van der Waals surface area contributed by atoms with Crippen LogP contribution in [-0.4, -0.2) is 17.6 Å². The van der Waals surface area contributed by atoms with Crippen molar-refractivity contribution in [3.63, 3.8) is 0 Å². The van der Waals surface area contributed by atoms with Gasteiger partial charge in [0.25, 0.3) is 0 Å². The third-order valence-electron chi connectivity index (χ3n) is 4.63. The molecule has 0 bridgehead atoms. The number of aromatic carboxylic acids is 1. The smallest absolute Gasteiger partial charge is 0.335 e. The van der Waals surface area contributed by atoms with E-state index in [-0.39, 0.29) is 10.8 Å². The number of rotatable bonds is 6. The van der Waals surface area contributed by atoms with Gasteiger partial charge in [-0.2, -0.15) is 0 Å². The summed E-state index contributed by atoms with van der Waals surface area (Å²) >= 11 is 0. The average Bonchev–Trinajstić information content (AvgIpc) is 2.54. The van der Waals surface area contributed by atoms with Crippen LogP contribution in [0, 0.1) is 0 Å². The lowest BCUT2D eigenvalue weighted by Gasteiger charge is -2.27. The maximum atomic E-state index is 10.9. The van der Waals surface area contributed by atoms with Crippen LogP contribution in [0.1, 0.15) is 61.7 Å². The minimum atomic E-state index is -0.889. The van der Waals surface area contributed by atoms with E-state index in [0.29, 0.717) is 5.56 Å². The minimum Gasteiger partial charge on any atom is -0.478 e. The third-order valence-corrected chi connectivity index (χ3v) is 4.63. The van der Waals surface area contributed by atoms with Gasteiger partial charge in [-0.05, 0) is 34.2 Å². The van der Waals surface area contributed by atoms with Gasteiger partial charge in [-0.1, -0.05) is 71.0 Å². The lowest BCUT2D eigenvalue weighted by Crippen LogP contribution is -2.32. The van der Waals surface area contributed by atoms with Crippen LogP contribution < -0.4 is 5.32 Å². The van der Waals surface area contributed by atoms with Crippen molar-refractivity contribution < 1.29 is 9.90 Å². The normalized spacial score (nSPS) is 12.2. The molecule has 25 heavy (non-hydrogen) atoms. The summed E-state index contributed by atoms with van der Waals surface area (Å²) in [6.07, 6.45) is 0. The third kappa shape index (κ3) is 5.17. The topological polar surface area (TPSA) is 49.3 Å². The Morgan fingerprint density at radius 2 is 1.40 bits per heavy atom. The second-order valence-corrected chi connectivity index (χ2v) is 8.32. The maximum Gasteiger partial charge on any atom is 0.335 e. The molecule has 0 aromatic heterocycles. The van der Waals surface area contributed by atoms with E-state index in [1.54, 1.807) is 12.1 Å². The van der Waals surface area contributed by atoms with Crippen LogP contribution in [0.5, 0.6) is 0 Å². The molecular weight excluding hydrogens is 310 g/mol. The number of hydrogen-bond donors (Lipinski definition) is 2. The van der Waals surface area contributed by atoms with Gasteiger partial charge in [0.15, 0.2) is 0 Å². The molecular formula is C22H29NO2. The Kier molecular flexibility index (Phi) is 5.69. The number of carboxylic acid groups (broad SMARTS) is 1. The molecule has 0 saturated heterocycles. The summed E-state index contributed by atoms with van der Waals surface area (Å²) in [6.45, 7) is 12.7. The first kappa shape index (κ1) is 19.2. The molecule has 2 aromatic rings. The van der Waals surface area contributed by atoms with Crippen molar-refractivity contribution in [3.05, 3.63) is 70.8 Å². The van der Waals surface area contributed by atoms with E-state index >= 15 is 0 Å². The Labute approximate surface area is 151 Å². The summed E-state index contributed by atoms with van der Waals surface area (Å²) in [7, 11) is 0. The molecule has 134 valence electrons. The van der Waals surface area contributed by atoms with Crippen LogP contribution in [0.25, 0.3) is 0 Å². The maximum absolute atomic E-state index is 10.9. The van der Waals surface area contributed by atoms with E-state index < -0.39 is 5.97 Å². The van der Waals surface area contributed by atoms with Gasteiger partial charge in [0, 0.05) is 18.5 Å². The highest BCUT2D eigenvalue weighted by atomic mass is 16.4. The quantitative estimate of drug-likeness (QED) is 0.798. The molecule has 3 heteroatoms. The number of hydrogen-bond acceptors (Lipinski definition) is 2. The highest BCUT2D eigenvalue weighted by molar-refractivity contribution is 5.87. The SMILES string of the molecule is CC(C)(C)c1ccc(C(C)(C)CNCc2ccc(C(=O)O)cc2)cc1. The first-order valence-electron chi connectivity index (χ1n) is 8.73. The molecule has 0 aliphatic carbocycles. The standard InChI is InChI=1S/C22H29NO2/c1-21(2,3)18-10-12-19(13-11-18)22(4,5)15-23-14-16-6-8-17(9-7-16)20(24)25/h6-13,23H,14-15H2,1-5H3,(H,24,25). The van der Waals surface area contributed by atoms with Crippen molar-refractivity contribution in [2.75, 3.05) is 6.54 Å². The molecule has 0 radical (unpaired) electrons. The molecule has 0 aliphatic heterocycles. The molecule has 0 spiro atoms. The highest BCUT2D eigenvalue weighted by Crippen LogP contribution is 2.27. The molecule has 0 saturated carbocycles. The monoisotopic (exact) mass is 339 g/mol. The lowest BCUT2D eigenvalue weighted by atomic mass is 9.81. The number of benzene rings is 2. The van der Waals surface area contributed by atoms with Crippen molar-refractivity contribution in [3.8, 4) is 0 Å². The van der Waals surface area contributed by atoms with Crippen molar-refractivity contribution in [2.24, 2.45) is 0 Å². The van der Waals surface area contributed by atoms with Gasteiger partial charge in [-0.25, -0.2) is 4.79 Å². The summed E-state index contributed by atoms with van der Waals surface area (Å²) in [5, 5.41) is 12.4. The number of carboxylic acids is 1. The van der Waals surface area contributed by atoms with Gasteiger partial charge in [0.05, 0.1) is 5.56 Å². The van der Waals surface area contributed by atoms with Gasteiger partial charge < -0.3 is 10.4 Å². The zero-order valence-electron chi connectivity index (χ0n) is 15.9. The number of nitrogens with one attached hydrogen (secondary N) is 1. The van der Waals surface area contributed by atoms with Crippen LogP contribution in [-0.2, 0) is 17.4 Å². The van der Waals surface area contributed by atoms with Gasteiger partial charge in [0.1, 0.15) is 0 Å². The van der Waals surface area contributed by atoms with Crippen LogP contribution >= 0.6 is 0 Å². The first-order chi connectivity index (χ1) is 11.6. The van der Waals surface area contributed by atoms with Gasteiger partial charge in [-0.3, -0.25) is 0 Å². The Bertz CT molecular complexity index is 707. The van der Waals surface area contributed by atoms with Crippen molar-refractivity contribution in [2.45, 2.75) is 52.0 Å². The predicted octanol–water partition coefficient (Wildman–Crippen LogP) is 4.75. The van der Waals surface area contributed by atoms with E-state index in [2.05, 4.69) is 64.2 Å². The second kappa shape index (κ2) is 7.40. The minimum absolute atomic E-state index is 0.0252. The molecule has 0 unspecified atom stereocenters. The largest absolute Gasteiger partial charge is 0.478 e. The summed E-state index contributed by atoms with van der Waals surface area (Å²) in [4.78, 5) is 10.9. The van der Waals surface area contributed by atoms with Crippen molar-refractivity contribution in [1.29, 1.82) is 0 Å². The Morgan fingerprint density at radius 3 is 1.88 bits per heavy atom. The Morgan fingerprint density at radius 1 is 0.880 bits per heavy atom. The molecule has 2 rings (SSSR count). The fourth-order valence-electron chi connectivity index (χ4n) is 2.81. The lowest BCUT2D eigenvalue weighted by molar-refractivity contribution is 0.0697. The first-order valence-corrected chi connectivity index (χ1v) is 8.73.